The van der Waals surface area contributed by atoms with Crippen molar-refractivity contribution in [2.24, 2.45) is 0 Å². The van der Waals surface area contributed by atoms with Crippen LogP contribution in [0.15, 0.2) is 18.2 Å². The molecular formula is C10H8F4O. The number of carbonyl (C=O) groups excluding carboxylic acids is 1. The summed E-state index contributed by atoms with van der Waals surface area (Å²) in [5.74, 6) is -6.40. The smallest absolute Gasteiger partial charge is 0.252 e. The molecule has 82 valence electrons. The normalized spacial score (nSPS) is 11.5. The molecule has 0 saturated carbocycles. The first-order valence-electron chi connectivity index (χ1n) is 4.16. The predicted molar refractivity (Wildman–Crippen MR) is 45.9 cm³/mol. The van der Waals surface area contributed by atoms with E-state index in [2.05, 4.69) is 0 Å². The lowest BCUT2D eigenvalue weighted by molar-refractivity contribution is 0.0156. The summed E-state index contributed by atoms with van der Waals surface area (Å²) in [6.45, 7) is 0.588. The molecule has 1 rings (SSSR count). The van der Waals surface area contributed by atoms with Crippen molar-refractivity contribution in [3.63, 3.8) is 0 Å². The third kappa shape index (κ3) is 3.34. The zero-order valence-electron chi connectivity index (χ0n) is 7.86. The van der Waals surface area contributed by atoms with Crippen LogP contribution >= 0.6 is 0 Å². The van der Waals surface area contributed by atoms with Crippen molar-refractivity contribution in [2.45, 2.75) is 19.3 Å². The lowest BCUT2D eigenvalue weighted by Crippen LogP contribution is -2.16. The van der Waals surface area contributed by atoms with Gasteiger partial charge in [0, 0.05) is 5.56 Å². The van der Waals surface area contributed by atoms with Crippen molar-refractivity contribution in [2.75, 3.05) is 0 Å². The maximum absolute atomic E-state index is 12.7. The highest BCUT2D eigenvalue weighted by atomic mass is 19.3. The molecule has 0 aliphatic heterocycles. The van der Waals surface area contributed by atoms with Crippen molar-refractivity contribution in [3.05, 3.63) is 35.4 Å². The molecule has 0 radical (unpaired) electrons. The van der Waals surface area contributed by atoms with E-state index in [0.29, 0.717) is 13.0 Å². The van der Waals surface area contributed by atoms with Crippen LogP contribution in [0.25, 0.3) is 0 Å². The van der Waals surface area contributed by atoms with Crippen LogP contribution in [0.2, 0.25) is 0 Å². The Morgan fingerprint density at radius 1 is 1.27 bits per heavy atom. The van der Waals surface area contributed by atoms with E-state index < -0.39 is 29.8 Å². The Morgan fingerprint density at radius 2 is 1.87 bits per heavy atom. The molecule has 0 fully saturated rings. The van der Waals surface area contributed by atoms with E-state index in [1.807, 2.05) is 0 Å². The molecule has 0 aliphatic carbocycles. The summed E-state index contributed by atoms with van der Waals surface area (Å²) in [5.41, 5.74) is -0.254. The second-order valence-electron chi connectivity index (χ2n) is 3.30. The molecule has 0 unspecified atom stereocenters. The van der Waals surface area contributed by atoms with Crippen molar-refractivity contribution in [1.29, 1.82) is 0 Å². The number of carbonyl (C=O) groups is 1. The molecular weight excluding hydrogens is 212 g/mol. The molecule has 15 heavy (non-hydrogen) atoms. The Kier molecular flexibility index (Phi) is 3.12. The van der Waals surface area contributed by atoms with Crippen molar-refractivity contribution in [1.82, 2.24) is 0 Å². The number of hydrogen-bond donors (Lipinski definition) is 0. The molecule has 1 aromatic carbocycles. The molecule has 0 atom stereocenters. The fraction of sp³-hybridized carbons (Fsp3) is 0.300. The van der Waals surface area contributed by atoms with Crippen LogP contribution in [0.3, 0.4) is 0 Å². The Hall–Kier alpha value is -1.39. The molecule has 0 N–H and O–H groups in total. The second kappa shape index (κ2) is 4.00. The van der Waals surface area contributed by atoms with Crippen LogP contribution in [-0.4, -0.2) is 11.7 Å². The minimum atomic E-state index is -3.15. The SMILES string of the molecule is CC(F)(F)CC(=O)c1ccc(F)c(F)c1. The lowest BCUT2D eigenvalue weighted by atomic mass is 10.1. The number of halogens is 4. The maximum atomic E-state index is 12.7. The summed E-state index contributed by atoms with van der Waals surface area (Å²) >= 11 is 0. The first-order valence-corrected chi connectivity index (χ1v) is 4.16. The molecule has 0 aliphatic rings. The highest BCUT2D eigenvalue weighted by Crippen LogP contribution is 2.20. The van der Waals surface area contributed by atoms with E-state index in [4.69, 9.17) is 0 Å². The Balaban J connectivity index is 2.88. The fourth-order valence-corrected chi connectivity index (χ4v) is 1.05. The van der Waals surface area contributed by atoms with Gasteiger partial charge in [-0.05, 0) is 25.1 Å². The van der Waals surface area contributed by atoms with E-state index in [0.717, 1.165) is 12.1 Å². The fourth-order valence-electron chi connectivity index (χ4n) is 1.05. The van der Waals surface area contributed by atoms with Gasteiger partial charge >= 0.3 is 0 Å². The van der Waals surface area contributed by atoms with Gasteiger partial charge in [-0.15, -0.1) is 0 Å². The van der Waals surface area contributed by atoms with Crippen LogP contribution in [0, 0.1) is 11.6 Å². The molecule has 0 heterocycles. The van der Waals surface area contributed by atoms with Crippen LogP contribution in [0.1, 0.15) is 23.7 Å². The highest BCUT2D eigenvalue weighted by Gasteiger charge is 2.26. The number of alkyl halides is 2. The summed E-state index contributed by atoms with van der Waals surface area (Å²) in [7, 11) is 0. The minimum Gasteiger partial charge on any atom is -0.294 e. The molecule has 0 aromatic heterocycles. The van der Waals surface area contributed by atoms with Gasteiger partial charge in [0.1, 0.15) is 0 Å². The molecule has 1 nitrogen and oxygen atoms in total. The average molecular weight is 220 g/mol. The number of hydrogen-bond acceptors (Lipinski definition) is 1. The Labute approximate surface area is 83.7 Å². The number of ketones is 1. The summed E-state index contributed by atoms with van der Waals surface area (Å²) in [4.78, 5) is 11.2. The standard InChI is InChI=1S/C10H8F4O/c1-10(13,14)5-9(15)6-2-3-7(11)8(12)4-6/h2-4H,5H2,1H3. The van der Waals surface area contributed by atoms with E-state index in [-0.39, 0.29) is 5.56 Å². The molecule has 1 aromatic rings. The van der Waals surface area contributed by atoms with Crippen LogP contribution in [0.4, 0.5) is 17.6 Å². The van der Waals surface area contributed by atoms with E-state index in [1.54, 1.807) is 0 Å². The molecule has 5 heteroatoms. The number of benzene rings is 1. The first-order chi connectivity index (χ1) is 6.79. The molecule has 0 spiro atoms. The minimum absolute atomic E-state index is 0.254. The number of Topliss-reactive ketones (excluding diaryl/α,β-unsaturated/α-hetero) is 1. The van der Waals surface area contributed by atoms with Gasteiger partial charge in [-0.1, -0.05) is 0 Å². The zero-order valence-corrected chi connectivity index (χ0v) is 7.86. The van der Waals surface area contributed by atoms with Crippen LogP contribution in [-0.2, 0) is 0 Å². The van der Waals surface area contributed by atoms with E-state index >= 15 is 0 Å². The van der Waals surface area contributed by atoms with Gasteiger partial charge in [-0.2, -0.15) is 0 Å². The van der Waals surface area contributed by atoms with Gasteiger partial charge < -0.3 is 0 Å². The van der Waals surface area contributed by atoms with Crippen molar-refractivity contribution in [3.8, 4) is 0 Å². The highest BCUT2D eigenvalue weighted by molar-refractivity contribution is 5.96. The van der Waals surface area contributed by atoms with Crippen molar-refractivity contribution >= 4 is 5.78 Å². The van der Waals surface area contributed by atoms with Gasteiger partial charge in [0.15, 0.2) is 17.4 Å². The topological polar surface area (TPSA) is 17.1 Å². The molecule has 0 amide bonds. The summed E-state index contributed by atoms with van der Waals surface area (Å²) < 4.78 is 50.0. The van der Waals surface area contributed by atoms with Gasteiger partial charge in [0.05, 0.1) is 6.42 Å². The summed E-state index contributed by atoms with van der Waals surface area (Å²) in [5, 5.41) is 0. The third-order valence-electron chi connectivity index (χ3n) is 1.71. The van der Waals surface area contributed by atoms with Crippen molar-refractivity contribution < 1.29 is 22.4 Å². The predicted octanol–water partition coefficient (Wildman–Crippen LogP) is 3.19. The average Bonchev–Trinajstić information content (AvgIpc) is 2.06. The maximum Gasteiger partial charge on any atom is 0.252 e. The van der Waals surface area contributed by atoms with Crippen LogP contribution < -0.4 is 0 Å². The van der Waals surface area contributed by atoms with E-state index in [1.165, 1.54) is 0 Å². The quantitative estimate of drug-likeness (QED) is 0.564. The second-order valence-corrected chi connectivity index (χ2v) is 3.30. The van der Waals surface area contributed by atoms with Gasteiger partial charge in [-0.25, -0.2) is 17.6 Å². The Bertz CT molecular complexity index is 381. The lowest BCUT2D eigenvalue weighted by Gasteiger charge is -2.08. The van der Waals surface area contributed by atoms with Gasteiger partial charge in [-0.3, -0.25) is 4.79 Å². The monoisotopic (exact) mass is 220 g/mol. The Morgan fingerprint density at radius 3 is 2.33 bits per heavy atom. The number of rotatable bonds is 3. The van der Waals surface area contributed by atoms with Gasteiger partial charge in [0.25, 0.3) is 5.92 Å². The van der Waals surface area contributed by atoms with E-state index in [9.17, 15) is 22.4 Å². The summed E-state index contributed by atoms with van der Waals surface area (Å²) in [6, 6.07) is 2.33. The van der Waals surface area contributed by atoms with Crippen LogP contribution in [0.5, 0.6) is 0 Å². The third-order valence-corrected chi connectivity index (χ3v) is 1.71. The first kappa shape index (κ1) is 11.7. The molecule has 0 saturated heterocycles. The molecule has 0 bridgehead atoms. The zero-order chi connectivity index (χ0) is 11.6. The van der Waals surface area contributed by atoms with Gasteiger partial charge in [0.2, 0.25) is 0 Å². The largest absolute Gasteiger partial charge is 0.294 e. The summed E-state index contributed by atoms with van der Waals surface area (Å²) in [6.07, 6.45) is -1.02.